The van der Waals surface area contributed by atoms with Crippen molar-refractivity contribution in [2.75, 3.05) is 40.0 Å². The number of benzene rings is 1. The van der Waals surface area contributed by atoms with Crippen LogP contribution in [0.3, 0.4) is 0 Å². The predicted octanol–water partition coefficient (Wildman–Crippen LogP) is 1.82. The zero-order valence-corrected chi connectivity index (χ0v) is 12.9. The number of carbonyl (C=O) groups excluding carboxylic acids is 1. The number of amides is 2. The molecule has 0 aliphatic carbocycles. The number of halogens is 1. The molecule has 2 amide bonds. The molecule has 122 valence electrons. The fraction of sp³-hybridized carbons (Fsp3) is 0.562. The van der Waals surface area contributed by atoms with E-state index in [9.17, 15) is 9.18 Å². The minimum Gasteiger partial charge on any atom is -0.382 e. The highest BCUT2D eigenvalue weighted by atomic mass is 19.1. The molecule has 1 aromatic carbocycles. The first kappa shape index (κ1) is 16.7. The van der Waals surface area contributed by atoms with Crippen LogP contribution in [0.1, 0.15) is 12.0 Å². The van der Waals surface area contributed by atoms with Gasteiger partial charge in [-0.15, -0.1) is 0 Å². The summed E-state index contributed by atoms with van der Waals surface area (Å²) in [6, 6.07) is 6.47. The van der Waals surface area contributed by atoms with Crippen LogP contribution in [0.5, 0.6) is 0 Å². The maximum Gasteiger partial charge on any atom is 0.317 e. The lowest BCUT2D eigenvalue weighted by atomic mass is 10.1. The maximum atomic E-state index is 13.0. The molecule has 2 rings (SSSR count). The van der Waals surface area contributed by atoms with Gasteiger partial charge in [0, 0.05) is 20.2 Å². The van der Waals surface area contributed by atoms with E-state index in [1.165, 1.54) is 12.1 Å². The smallest absolute Gasteiger partial charge is 0.317 e. The number of urea groups is 1. The highest BCUT2D eigenvalue weighted by molar-refractivity contribution is 5.74. The largest absolute Gasteiger partial charge is 0.382 e. The Morgan fingerprint density at radius 2 is 2.41 bits per heavy atom. The Kier molecular flexibility index (Phi) is 6.61. The molecule has 1 fully saturated rings. The Morgan fingerprint density at radius 1 is 1.55 bits per heavy atom. The summed E-state index contributed by atoms with van der Waals surface area (Å²) in [5.41, 5.74) is 0.945. The van der Waals surface area contributed by atoms with Crippen LogP contribution in [0.2, 0.25) is 0 Å². The van der Waals surface area contributed by atoms with E-state index < -0.39 is 0 Å². The van der Waals surface area contributed by atoms with Gasteiger partial charge < -0.3 is 19.7 Å². The van der Waals surface area contributed by atoms with Gasteiger partial charge in [0.05, 0.1) is 25.9 Å². The summed E-state index contributed by atoms with van der Waals surface area (Å²) in [6.07, 6.45) is 1.46. The van der Waals surface area contributed by atoms with Gasteiger partial charge in [-0.25, -0.2) is 9.18 Å². The van der Waals surface area contributed by atoms with Crippen LogP contribution in [0.4, 0.5) is 9.18 Å². The molecule has 0 bridgehead atoms. The third-order valence-corrected chi connectivity index (χ3v) is 3.59. The Balaban J connectivity index is 1.67. The van der Waals surface area contributed by atoms with Gasteiger partial charge in [0.15, 0.2) is 0 Å². The van der Waals surface area contributed by atoms with Crippen LogP contribution >= 0.6 is 0 Å². The quantitative estimate of drug-likeness (QED) is 0.815. The summed E-state index contributed by atoms with van der Waals surface area (Å²) < 4.78 is 23.6. The van der Waals surface area contributed by atoms with Crippen molar-refractivity contribution >= 4 is 6.03 Å². The molecular weight excluding hydrogens is 287 g/mol. The number of morpholine rings is 1. The standard InChI is InChI=1S/C16H23FN2O3/c1-21-12-15-11-19(8-9-22-15)16(20)18-7-3-5-13-4-2-6-14(17)10-13/h2,4,6,10,15H,3,5,7-9,11-12H2,1H3,(H,18,20). The van der Waals surface area contributed by atoms with Crippen molar-refractivity contribution in [3.63, 3.8) is 0 Å². The van der Waals surface area contributed by atoms with Gasteiger partial charge in [-0.2, -0.15) is 0 Å². The molecule has 1 heterocycles. The number of ether oxygens (including phenoxy) is 2. The van der Waals surface area contributed by atoms with Crippen LogP contribution < -0.4 is 5.32 Å². The highest BCUT2D eigenvalue weighted by Gasteiger charge is 2.23. The monoisotopic (exact) mass is 310 g/mol. The Labute approximate surface area is 130 Å². The topological polar surface area (TPSA) is 50.8 Å². The SMILES string of the molecule is COCC1CN(C(=O)NCCCc2cccc(F)c2)CCO1. The van der Waals surface area contributed by atoms with Crippen molar-refractivity contribution in [1.82, 2.24) is 10.2 Å². The minimum absolute atomic E-state index is 0.0585. The molecule has 0 spiro atoms. The van der Waals surface area contributed by atoms with E-state index in [4.69, 9.17) is 9.47 Å². The number of hydrogen-bond acceptors (Lipinski definition) is 3. The van der Waals surface area contributed by atoms with E-state index in [1.54, 1.807) is 18.1 Å². The molecule has 1 saturated heterocycles. The predicted molar refractivity (Wildman–Crippen MR) is 81.3 cm³/mol. The zero-order valence-electron chi connectivity index (χ0n) is 12.9. The van der Waals surface area contributed by atoms with Gasteiger partial charge in [-0.3, -0.25) is 0 Å². The molecule has 1 aromatic rings. The first-order valence-corrected chi connectivity index (χ1v) is 7.57. The fourth-order valence-electron chi connectivity index (χ4n) is 2.48. The lowest BCUT2D eigenvalue weighted by molar-refractivity contribution is -0.0494. The van der Waals surface area contributed by atoms with Crippen molar-refractivity contribution in [2.24, 2.45) is 0 Å². The number of methoxy groups -OCH3 is 1. The minimum atomic E-state index is -0.223. The Bertz CT molecular complexity index is 482. The van der Waals surface area contributed by atoms with Gasteiger partial charge in [-0.05, 0) is 30.5 Å². The Hall–Kier alpha value is -1.66. The number of carbonyl (C=O) groups is 1. The van der Waals surface area contributed by atoms with Gasteiger partial charge in [0.2, 0.25) is 0 Å². The molecule has 5 nitrogen and oxygen atoms in total. The first-order valence-electron chi connectivity index (χ1n) is 7.57. The first-order chi connectivity index (χ1) is 10.7. The average Bonchev–Trinajstić information content (AvgIpc) is 2.52. The third-order valence-electron chi connectivity index (χ3n) is 3.59. The van der Waals surface area contributed by atoms with E-state index in [0.717, 1.165) is 18.4 Å². The maximum absolute atomic E-state index is 13.0. The normalized spacial score (nSPS) is 18.3. The molecule has 22 heavy (non-hydrogen) atoms. The lowest BCUT2D eigenvalue weighted by Crippen LogP contribution is -2.50. The molecular formula is C16H23FN2O3. The van der Waals surface area contributed by atoms with Gasteiger partial charge in [-0.1, -0.05) is 12.1 Å². The van der Waals surface area contributed by atoms with Crippen molar-refractivity contribution in [2.45, 2.75) is 18.9 Å². The Morgan fingerprint density at radius 3 is 3.18 bits per heavy atom. The molecule has 1 aliphatic rings. The second-order valence-corrected chi connectivity index (χ2v) is 5.36. The van der Waals surface area contributed by atoms with E-state index >= 15 is 0 Å². The van der Waals surface area contributed by atoms with Crippen molar-refractivity contribution in [3.05, 3.63) is 35.6 Å². The zero-order chi connectivity index (χ0) is 15.8. The van der Waals surface area contributed by atoms with Crippen LogP contribution in [-0.4, -0.2) is 57.0 Å². The molecule has 6 heteroatoms. The summed E-state index contributed by atoms with van der Waals surface area (Å²) in [7, 11) is 1.62. The number of nitrogens with zero attached hydrogens (tertiary/aromatic N) is 1. The third kappa shape index (κ3) is 5.27. The number of aryl methyl sites for hydroxylation is 1. The van der Waals surface area contributed by atoms with E-state index in [2.05, 4.69) is 5.32 Å². The second kappa shape index (κ2) is 8.70. The number of nitrogens with one attached hydrogen (secondary N) is 1. The molecule has 0 radical (unpaired) electrons. The molecule has 0 aromatic heterocycles. The van der Waals surface area contributed by atoms with E-state index in [-0.39, 0.29) is 18.0 Å². The van der Waals surface area contributed by atoms with Crippen LogP contribution in [-0.2, 0) is 15.9 Å². The molecule has 1 unspecified atom stereocenters. The average molecular weight is 310 g/mol. The van der Waals surface area contributed by atoms with Gasteiger partial charge >= 0.3 is 6.03 Å². The van der Waals surface area contributed by atoms with E-state index in [0.29, 0.717) is 32.8 Å². The summed E-state index contributed by atoms with van der Waals surface area (Å²) in [5, 5.41) is 2.90. The van der Waals surface area contributed by atoms with Crippen LogP contribution in [0.15, 0.2) is 24.3 Å². The highest BCUT2D eigenvalue weighted by Crippen LogP contribution is 2.07. The summed E-state index contributed by atoms with van der Waals surface area (Å²) in [5.74, 6) is -0.223. The molecule has 1 aliphatic heterocycles. The van der Waals surface area contributed by atoms with Crippen LogP contribution in [0.25, 0.3) is 0 Å². The van der Waals surface area contributed by atoms with E-state index in [1.807, 2.05) is 6.07 Å². The molecule has 1 N–H and O–H groups in total. The van der Waals surface area contributed by atoms with Gasteiger partial charge in [0.25, 0.3) is 0 Å². The van der Waals surface area contributed by atoms with Crippen LogP contribution in [0, 0.1) is 5.82 Å². The number of rotatable bonds is 6. The molecule has 0 saturated carbocycles. The van der Waals surface area contributed by atoms with Crippen molar-refractivity contribution in [1.29, 1.82) is 0 Å². The summed E-state index contributed by atoms with van der Waals surface area (Å²) in [4.78, 5) is 13.8. The lowest BCUT2D eigenvalue weighted by Gasteiger charge is -2.32. The van der Waals surface area contributed by atoms with Gasteiger partial charge in [0.1, 0.15) is 5.82 Å². The fourth-order valence-corrected chi connectivity index (χ4v) is 2.48. The molecule has 1 atom stereocenters. The summed E-state index contributed by atoms with van der Waals surface area (Å²) >= 11 is 0. The summed E-state index contributed by atoms with van der Waals surface area (Å²) in [6.45, 7) is 2.73. The van der Waals surface area contributed by atoms with Crippen molar-refractivity contribution < 1.29 is 18.7 Å². The second-order valence-electron chi connectivity index (χ2n) is 5.36. The number of hydrogen-bond donors (Lipinski definition) is 1. The van der Waals surface area contributed by atoms with Crippen molar-refractivity contribution in [3.8, 4) is 0 Å².